The molecule has 0 fully saturated rings. The minimum absolute atomic E-state index is 0.302. The Morgan fingerprint density at radius 1 is 1.19 bits per heavy atom. The predicted molar refractivity (Wildman–Crippen MR) is 100 cm³/mol. The Morgan fingerprint density at radius 2 is 2.00 bits per heavy atom. The molecule has 130 valence electrons. The number of anilines is 1. The van der Waals surface area contributed by atoms with Crippen LogP contribution < -0.4 is 5.32 Å². The molecular weight excluding hydrogens is 373 g/mol. The second kappa shape index (κ2) is 6.81. The van der Waals surface area contributed by atoms with Crippen molar-refractivity contribution in [3.8, 4) is 22.0 Å². The van der Waals surface area contributed by atoms with Gasteiger partial charge in [0.2, 0.25) is 0 Å². The number of hydrogen-bond acceptors (Lipinski definition) is 6. The Balaban J connectivity index is 1.53. The number of halogens is 1. The fourth-order valence-corrected chi connectivity index (χ4v) is 3.95. The molecule has 0 aliphatic rings. The van der Waals surface area contributed by atoms with Gasteiger partial charge < -0.3 is 4.42 Å². The number of rotatable bonds is 4. The summed E-state index contributed by atoms with van der Waals surface area (Å²) in [6, 6.07) is 9.63. The van der Waals surface area contributed by atoms with Gasteiger partial charge in [0, 0.05) is 15.8 Å². The van der Waals surface area contributed by atoms with Crippen LogP contribution in [0.5, 0.6) is 0 Å². The van der Waals surface area contributed by atoms with Gasteiger partial charge in [-0.05, 0) is 43.3 Å². The van der Waals surface area contributed by atoms with Gasteiger partial charge >= 0.3 is 0 Å². The van der Waals surface area contributed by atoms with Gasteiger partial charge in [-0.15, -0.1) is 22.7 Å². The Labute approximate surface area is 156 Å². The van der Waals surface area contributed by atoms with E-state index in [4.69, 9.17) is 4.42 Å². The van der Waals surface area contributed by atoms with E-state index in [2.05, 4.69) is 15.3 Å². The molecule has 0 saturated heterocycles. The molecule has 0 radical (unpaired) electrons. The van der Waals surface area contributed by atoms with Crippen LogP contribution in [0.15, 0.2) is 52.5 Å². The molecule has 4 aromatic rings. The molecule has 0 aliphatic heterocycles. The molecule has 3 heterocycles. The molecule has 5 nitrogen and oxygen atoms in total. The summed E-state index contributed by atoms with van der Waals surface area (Å²) < 4.78 is 18.3. The van der Waals surface area contributed by atoms with Crippen LogP contribution in [-0.4, -0.2) is 15.9 Å². The van der Waals surface area contributed by atoms with Crippen molar-refractivity contribution in [2.24, 2.45) is 0 Å². The molecule has 3 aromatic heterocycles. The number of amides is 1. The number of thiazole rings is 2. The van der Waals surface area contributed by atoms with E-state index < -0.39 is 0 Å². The van der Waals surface area contributed by atoms with E-state index in [1.54, 1.807) is 30.5 Å². The molecular formula is C18H12FN3O2S2. The van der Waals surface area contributed by atoms with Crippen molar-refractivity contribution in [3.05, 3.63) is 64.4 Å². The van der Waals surface area contributed by atoms with E-state index in [0.29, 0.717) is 27.3 Å². The van der Waals surface area contributed by atoms with Crippen molar-refractivity contribution in [3.63, 3.8) is 0 Å². The summed E-state index contributed by atoms with van der Waals surface area (Å²) in [5.41, 5.74) is 1.81. The second-order valence-electron chi connectivity index (χ2n) is 5.40. The minimum Gasteiger partial charge on any atom is -0.462 e. The highest BCUT2D eigenvalue weighted by molar-refractivity contribution is 7.15. The summed E-state index contributed by atoms with van der Waals surface area (Å²) in [6.07, 6.45) is 1.57. The predicted octanol–water partition coefficient (Wildman–Crippen LogP) is 5.23. The van der Waals surface area contributed by atoms with Crippen molar-refractivity contribution in [2.75, 3.05) is 5.32 Å². The molecule has 4 rings (SSSR count). The lowest BCUT2D eigenvalue weighted by molar-refractivity contribution is 0.102. The average molecular weight is 385 g/mol. The number of benzene rings is 1. The van der Waals surface area contributed by atoms with E-state index in [1.165, 1.54) is 34.8 Å². The van der Waals surface area contributed by atoms with Crippen LogP contribution in [0.25, 0.3) is 22.0 Å². The van der Waals surface area contributed by atoms with Crippen LogP contribution in [0.1, 0.15) is 15.4 Å². The fourth-order valence-electron chi connectivity index (χ4n) is 2.35. The van der Waals surface area contributed by atoms with Crippen molar-refractivity contribution in [1.82, 2.24) is 9.97 Å². The largest absolute Gasteiger partial charge is 0.462 e. The van der Waals surface area contributed by atoms with Crippen LogP contribution in [0.3, 0.4) is 0 Å². The lowest BCUT2D eigenvalue weighted by Crippen LogP contribution is -2.13. The summed E-state index contributed by atoms with van der Waals surface area (Å²) >= 11 is 2.70. The molecule has 0 bridgehead atoms. The molecule has 1 amide bonds. The number of aryl methyl sites for hydroxylation is 1. The van der Waals surface area contributed by atoms with Gasteiger partial charge in [-0.3, -0.25) is 10.1 Å². The molecule has 8 heteroatoms. The summed E-state index contributed by atoms with van der Waals surface area (Å²) in [5.74, 6) is 0.00503. The number of aromatic nitrogens is 2. The summed E-state index contributed by atoms with van der Waals surface area (Å²) in [4.78, 5) is 22.1. The highest BCUT2D eigenvalue weighted by Crippen LogP contribution is 2.29. The van der Waals surface area contributed by atoms with E-state index in [1.807, 2.05) is 12.3 Å². The van der Waals surface area contributed by atoms with Crippen molar-refractivity contribution < 1.29 is 13.6 Å². The number of nitrogens with one attached hydrogen (secondary N) is 1. The van der Waals surface area contributed by atoms with Gasteiger partial charge in [-0.1, -0.05) is 0 Å². The minimum atomic E-state index is -0.323. The monoisotopic (exact) mass is 385 g/mol. The molecule has 0 saturated carbocycles. The zero-order valence-corrected chi connectivity index (χ0v) is 15.2. The standard InChI is InChI=1S/C18H12FN3O2S2/c1-10-15(21-17(26-10)14-3-2-8-24-14)16(23)22-18-20-13(9-25-18)11-4-6-12(19)7-5-11/h2-9H,1H3,(H,20,22,23). The highest BCUT2D eigenvalue weighted by atomic mass is 32.1. The number of hydrogen-bond donors (Lipinski definition) is 1. The van der Waals surface area contributed by atoms with Gasteiger partial charge in [0.05, 0.1) is 12.0 Å². The third-order valence-corrected chi connectivity index (χ3v) is 5.35. The third-order valence-electron chi connectivity index (χ3n) is 3.61. The van der Waals surface area contributed by atoms with E-state index >= 15 is 0 Å². The van der Waals surface area contributed by atoms with Crippen LogP contribution in [-0.2, 0) is 0 Å². The Hall–Kier alpha value is -2.84. The molecule has 0 atom stereocenters. The molecule has 1 aromatic carbocycles. The van der Waals surface area contributed by atoms with Gasteiger partial charge in [0.1, 0.15) is 11.5 Å². The van der Waals surface area contributed by atoms with Gasteiger partial charge in [0.25, 0.3) is 5.91 Å². The summed E-state index contributed by atoms with van der Waals surface area (Å²) in [6.45, 7) is 1.84. The molecule has 0 aliphatic carbocycles. The maximum absolute atomic E-state index is 13.0. The Kier molecular flexibility index (Phi) is 4.36. The zero-order valence-electron chi connectivity index (χ0n) is 13.5. The van der Waals surface area contributed by atoms with Crippen LogP contribution in [0.2, 0.25) is 0 Å². The number of carbonyl (C=O) groups is 1. The Morgan fingerprint density at radius 3 is 2.73 bits per heavy atom. The fraction of sp³-hybridized carbons (Fsp3) is 0.0556. The van der Waals surface area contributed by atoms with Crippen molar-refractivity contribution in [2.45, 2.75) is 6.92 Å². The third kappa shape index (κ3) is 3.29. The first-order valence-corrected chi connectivity index (χ1v) is 9.34. The number of carbonyl (C=O) groups excluding carboxylic acids is 1. The van der Waals surface area contributed by atoms with Crippen LogP contribution >= 0.6 is 22.7 Å². The van der Waals surface area contributed by atoms with Gasteiger partial charge in [-0.25, -0.2) is 14.4 Å². The second-order valence-corrected chi connectivity index (χ2v) is 7.46. The van der Waals surface area contributed by atoms with E-state index in [-0.39, 0.29) is 11.7 Å². The first-order chi connectivity index (χ1) is 12.6. The van der Waals surface area contributed by atoms with E-state index in [9.17, 15) is 9.18 Å². The highest BCUT2D eigenvalue weighted by Gasteiger charge is 2.19. The molecule has 0 unspecified atom stereocenters. The number of furan rings is 1. The topological polar surface area (TPSA) is 68.0 Å². The lowest BCUT2D eigenvalue weighted by Gasteiger charge is -1.99. The van der Waals surface area contributed by atoms with Gasteiger partial charge in [0.15, 0.2) is 15.9 Å². The zero-order chi connectivity index (χ0) is 18.1. The average Bonchev–Trinajstić information content (AvgIpc) is 3.35. The summed E-state index contributed by atoms with van der Waals surface area (Å²) in [7, 11) is 0. The molecule has 1 N–H and O–H groups in total. The first kappa shape index (κ1) is 16.6. The maximum Gasteiger partial charge on any atom is 0.277 e. The maximum atomic E-state index is 13.0. The molecule has 26 heavy (non-hydrogen) atoms. The van der Waals surface area contributed by atoms with Crippen LogP contribution in [0.4, 0.5) is 9.52 Å². The van der Waals surface area contributed by atoms with Crippen LogP contribution in [0, 0.1) is 12.7 Å². The number of nitrogens with zero attached hydrogens (tertiary/aromatic N) is 2. The van der Waals surface area contributed by atoms with Crippen molar-refractivity contribution in [1.29, 1.82) is 0 Å². The smallest absolute Gasteiger partial charge is 0.277 e. The lowest BCUT2D eigenvalue weighted by atomic mass is 10.2. The normalized spacial score (nSPS) is 10.8. The Bertz CT molecular complexity index is 1050. The SMILES string of the molecule is Cc1sc(-c2ccco2)nc1C(=O)Nc1nc(-c2ccc(F)cc2)cs1. The van der Waals surface area contributed by atoms with Gasteiger partial charge in [-0.2, -0.15) is 0 Å². The first-order valence-electron chi connectivity index (χ1n) is 7.64. The van der Waals surface area contributed by atoms with Crippen molar-refractivity contribution >= 4 is 33.7 Å². The quantitative estimate of drug-likeness (QED) is 0.522. The summed E-state index contributed by atoms with van der Waals surface area (Å²) in [5, 5.41) is 5.69. The van der Waals surface area contributed by atoms with E-state index in [0.717, 1.165) is 10.4 Å². The molecule has 0 spiro atoms.